The van der Waals surface area contributed by atoms with E-state index < -0.39 is 6.03 Å². The smallest absolute Gasteiger partial charge is 0.321 e. The second kappa shape index (κ2) is 8.39. The van der Waals surface area contributed by atoms with E-state index in [1.807, 2.05) is 24.3 Å². The average Bonchev–Trinajstić information content (AvgIpc) is 3.08. The largest absolute Gasteiger partial charge is 0.497 e. The quantitative estimate of drug-likeness (QED) is 0.693. The molecule has 3 rings (SSSR count). The number of carbonyl (C=O) groups excluding carboxylic acids is 1. The van der Waals surface area contributed by atoms with Gasteiger partial charge >= 0.3 is 6.03 Å². The van der Waals surface area contributed by atoms with Crippen LogP contribution in [0.2, 0.25) is 0 Å². The highest BCUT2D eigenvalue weighted by Gasteiger charge is 2.09. The zero-order valence-electron chi connectivity index (χ0n) is 14.0. The summed E-state index contributed by atoms with van der Waals surface area (Å²) in [7, 11) is 1.62. The van der Waals surface area contributed by atoms with E-state index in [1.165, 1.54) is 23.5 Å². The Balaban J connectivity index is 1.52. The highest BCUT2D eigenvalue weighted by Crippen LogP contribution is 2.20. The Morgan fingerprint density at radius 1 is 1.15 bits per heavy atom. The Bertz CT molecular complexity index is 883. The molecule has 0 aliphatic carbocycles. The van der Waals surface area contributed by atoms with Gasteiger partial charge in [-0.1, -0.05) is 35.6 Å². The van der Waals surface area contributed by atoms with Gasteiger partial charge in [0.05, 0.1) is 7.11 Å². The molecule has 0 saturated heterocycles. The third kappa shape index (κ3) is 5.00. The SMILES string of the molecule is COc1cccc(Cc2nnc(NC(=O)NCc3ccc(F)cc3)s2)c1. The first kappa shape index (κ1) is 17.8. The van der Waals surface area contributed by atoms with Crippen LogP contribution in [0.5, 0.6) is 5.75 Å². The number of ether oxygens (including phenoxy) is 1. The van der Waals surface area contributed by atoms with Gasteiger partial charge in [0, 0.05) is 13.0 Å². The molecule has 0 saturated carbocycles. The number of methoxy groups -OCH3 is 1. The van der Waals surface area contributed by atoms with Crippen molar-refractivity contribution in [3.05, 3.63) is 70.5 Å². The van der Waals surface area contributed by atoms with Crippen LogP contribution in [0.4, 0.5) is 14.3 Å². The number of amides is 2. The molecule has 1 aromatic heterocycles. The monoisotopic (exact) mass is 372 g/mol. The topological polar surface area (TPSA) is 76.1 Å². The summed E-state index contributed by atoms with van der Waals surface area (Å²) in [6.45, 7) is 0.293. The molecule has 2 aromatic carbocycles. The molecule has 134 valence electrons. The van der Waals surface area contributed by atoms with Crippen molar-refractivity contribution >= 4 is 22.5 Å². The van der Waals surface area contributed by atoms with E-state index in [4.69, 9.17) is 4.74 Å². The maximum Gasteiger partial charge on any atom is 0.321 e. The molecule has 6 nitrogen and oxygen atoms in total. The number of aromatic nitrogens is 2. The lowest BCUT2D eigenvalue weighted by molar-refractivity contribution is 0.251. The minimum atomic E-state index is -0.390. The number of nitrogens with one attached hydrogen (secondary N) is 2. The molecule has 26 heavy (non-hydrogen) atoms. The summed E-state index contributed by atoms with van der Waals surface area (Å²) in [5.41, 5.74) is 1.85. The van der Waals surface area contributed by atoms with E-state index in [0.29, 0.717) is 18.1 Å². The first-order valence-corrected chi connectivity index (χ1v) is 8.68. The molecule has 0 atom stereocenters. The third-order valence-electron chi connectivity index (χ3n) is 3.54. The maximum absolute atomic E-state index is 12.9. The fourth-order valence-electron chi connectivity index (χ4n) is 2.26. The van der Waals surface area contributed by atoms with Crippen molar-refractivity contribution in [3.63, 3.8) is 0 Å². The minimum absolute atomic E-state index is 0.293. The van der Waals surface area contributed by atoms with Crippen molar-refractivity contribution in [2.24, 2.45) is 0 Å². The van der Waals surface area contributed by atoms with Crippen LogP contribution in [0.15, 0.2) is 48.5 Å². The van der Waals surface area contributed by atoms with Crippen LogP contribution in [0.1, 0.15) is 16.1 Å². The van der Waals surface area contributed by atoms with Gasteiger partial charge in [-0.2, -0.15) is 0 Å². The van der Waals surface area contributed by atoms with Crippen molar-refractivity contribution in [2.75, 3.05) is 12.4 Å². The van der Waals surface area contributed by atoms with Crippen LogP contribution < -0.4 is 15.4 Å². The number of halogens is 1. The summed E-state index contributed by atoms with van der Waals surface area (Å²) < 4.78 is 18.1. The normalized spacial score (nSPS) is 10.4. The maximum atomic E-state index is 12.9. The molecule has 0 unspecified atom stereocenters. The molecule has 0 aliphatic rings. The molecule has 2 N–H and O–H groups in total. The lowest BCUT2D eigenvalue weighted by Crippen LogP contribution is -2.28. The predicted molar refractivity (Wildman–Crippen MR) is 98.0 cm³/mol. The zero-order chi connectivity index (χ0) is 18.4. The second-order valence-electron chi connectivity index (χ2n) is 5.46. The lowest BCUT2D eigenvalue weighted by Gasteiger charge is -2.05. The molecule has 0 bridgehead atoms. The molecule has 8 heteroatoms. The van der Waals surface area contributed by atoms with E-state index in [9.17, 15) is 9.18 Å². The third-order valence-corrected chi connectivity index (χ3v) is 4.38. The standard InChI is InChI=1S/C18H17FN4O2S/c1-25-15-4-2-3-13(9-15)10-16-22-23-18(26-16)21-17(24)20-11-12-5-7-14(19)8-6-12/h2-9H,10-11H2,1H3,(H2,20,21,23,24). The van der Waals surface area contributed by atoms with Gasteiger partial charge in [-0.3, -0.25) is 5.32 Å². The second-order valence-corrected chi connectivity index (χ2v) is 6.53. The van der Waals surface area contributed by atoms with Gasteiger partial charge in [-0.15, -0.1) is 10.2 Å². The average molecular weight is 372 g/mol. The zero-order valence-corrected chi connectivity index (χ0v) is 14.8. The van der Waals surface area contributed by atoms with Gasteiger partial charge in [-0.05, 0) is 35.4 Å². The van der Waals surface area contributed by atoms with Crippen LogP contribution in [-0.2, 0) is 13.0 Å². The Kier molecular flexibility index (Phi) is 5.75. The molecule has 0 fully saturated rings. The molecule has 3 aromatic rings. The molecule has 0 radical (unpaired) electrons. The molecule has 1 heterocycles. The van der Waals surface area contributed by atoms with Gasteiger partial charge in [-0.25, -0.2) is 9.18 Å². The van der Waals surface area contributed by atoms with E-state index in [0.717, 1.165) is 21.9 Å². The number of hydrogen-bond donors (Lipinski definition) is 2. The van der Waals surface area contributed by atoms with Crippen molar-refractivity contribution in [2.45, 2.75) is 13.0 Å². The van der Waals surface area contributed by atoms with Gasteiger partial charge in [0.2, 0.25) is 5.13 Å². The van der Waals surface area contributed by atoms with Gasteiger partial charge in [0.15, 0.2) is 0 Å². The van der Waals surface area contributed by atoms with Gasteiger partial charge < -0.3 is 10.1 Å². The number of benzene rings is 2. The Morgan fingerprint density at radius 2 is 1.96 bits per heavy atom. The van der Waals surface area contributed by atoms with Crippen molar-refractivity contribution < 1.29 is 13.9 Å². The van der Waals surface area contributed by atoms with Crippen LogP contribution in [-0.4, -0.2) is 23.3 Å². The van der Waals surface area contributed by atoms with E-state index in [2.05, 4.69) is 20.8 Å². The molecule has 0 aliphatic heterocycles. The fourth-order valence-corrected chi connectivity index (χ4v) is 3.03. The summed E-state index contributed by atoms with van der Waals surface area (Å²) in [5.74, 6) is 0.473. The molecular formula is C18H17FN4O2S. The number of nitrogens with zero attached hydrogens (tertiary/aromatic N) is 2. The number of hydrogen-bond acceptors (Lipinski definition) is 5. The summed E-state index contributed by atoms with van der Waals surface area (Å²) in [4.78, 5) is 11.9. The minimum Gasteiger partial charge on any atom is -0.497 e. The molecular weight excluding hydrogens is 355 g/mol. The van der Waals surface area contributed by atoms with Crippen molar-refractivity contribution in [3.8, 4) is 5.75 Å². The number of rotatable bonds is 6. The predicted octanol–water partition coefficient (Wildman–Crippen LogP) is 3.60. The van der Waals surface area contributed by atoms with Crippen LogP contribution >= 0.6 is 11.3 Å². The first-order valence-electron chi connectivity index (χ1n) is 7.87. The van der Waals surface area contributed by atoms with E-state index in [-0.39, 0.29) is 5.82 Å². The Morgan fingerprint density at radius 3 is 2.73 bits per heavy atom. The van der Waals surface area contributed by atoms with Gasteiger partial charge in [0.1, 0.15) is 16.6 Å². The molecule has 0 spiro atoms. The van der Waals surface area contributed by atoms with E-state index in [1.54, 1.807) is 19.2 Å². The first-order chi connectivity index (χ1) is 12.6. The molecule has 2 amide bonds. The van der Waals surface area contributed by atoms with Crippen molar-refractivity contribution in [1.29, 1.82) is 0 Å². The number of anilines is 1. The summed E-state index contributed by atoms with van der Waals surface area (Å²) in [6.07, 6.45) is 0.605. The Labute approximate surface area is 154 Å². The van der Waals surface area contributed by atoms with Crippen LogP contribution in [0, 0.1) is 5.82 Å². The number of urea groups is 1. The van der Waals surface area contributed by atoms with Crippen LogP contribution in [0.3, 0.4) is 0 Å². The Hall–Kier alpha value is -3.00. The van der Waals surface area contributed by atoms with Gasteiger partial charge in [0.25, 0.3) is 0 Å². The fraction of sp³-hybridized carbons (Fsp3) is 0.167. The lowest BCUT2D eigenvalue weighted by atomic mass is 10.1. The van der Waals surface area contributed by atoms with Crippen LogP contribution in [0.25, 0.3) is 0 Å². The summed E-state index contributed by atoms with van der Waals surface area (Å²) in [5, 5.41) is 14.6. The highest BCUT2D eigenvalue weighted by molar-refractivity contribution is 7.15. The van der Waals surface area contributed by atoms with E-state index >= 15 is 0 Å². The number of carbonyl (C=O) groups is 1. The summed E-state index contributed by atoms with van der Waals surface area (Å²) in [6, 6.07) is 13.3. The highest BCUT2D eigenvalue weighted by atomic mass is 32.1. The summed E-state index contributed by atoms with van der Waals surface area (Å²) >= 11 is 1.31. The van der Waals surface area contributed by atoms with Crippen molar-refractivity contribution in [1.82, 2.24) is 15.5 Å².